The van der Waals surface area contributed by atoms with E-state index in [2.05, 4.69) is 51.0 Å². The molecule has 1 aliphatic rings. The first-order valence-corrected chi connectivity index (χ1v) is 7.51. The predicted molar refractivity (Wildman–Crippen MR) is 82.5 cm³/mol. The van der Waals surface area contributed by atoms with Crippen LogP contribution in [0.5, 0.6) is 0 Å². The third-order valence-electron chi connectivity index (χ3n) is 5.15. The molecular weight excluding hydrogens is 232 g/mol. The van der Waals surface area contributed by atoms with Crippen LogP contribution in [0.2, 0.25) is 0 Å². The maximum absolute atomic E-state index is 6.50. The number of aryl methyl sites for hydroxylation is 2. The zero-order valence-corrected chi connectivity index (χ0v) is 12.9. The molecule has 0 bridgehead atoms. The van der Waals surface area contributed by atoms with Gasteiger partial charge in [-0.25, -0.2) is 0 Å². The molecular formula is C17H28N2. The molecule has 2 atom stereocenters. The molecule has 0 spiro atoms. The molecule has 19 heavy (non-hydrogen) atoms. The quantitative estimate of drug-likeness (QED) is 0.882. The van der Waals surface area contributed by atoms with Crippen LogP contribution in [0.15, 0.2) is 18.2 Å². The first-order valence-electron chi connectivity index (χ1n) is 7.51. The van der Waals surface area contributed by atoms with Crippen molar-refractivity contribution in [3.05, 3.63) is 34.9 Å². The Morgan fingerprint density at radius 2 is 1.95 bits per heavy atom. The van der Waals surface area contributed by atoms with Crippen LogP contribution in [0, 0.1) is 0 Å². The lowest BCUT2D eigenvalue weighted by atomic mass is 9.84. The van der Waals surface area contributed by atoms with Crippen LogP contribution < -0.4 is 5.73 Å². The molecule has 2 rings (SSSR count). The van der Waals surface area contributed by atoms with E-state index in [1.54, 1.807) is 11.1 Å². The molecule has 0 aliphatic heterocycles. The molecule has 2 unspecified atom stereocenters. The van der Waals surface area contributed by atoms with Crippen molar-refractivity contribution in [2.24, 2.45) is 5.73 Å². The second-order valence-corrected chi connectivity index (χ2v) is 6.37. The minimum absolute atomic E-state index is 0.0685. The van der Waals surface area contributed by atoms with Crippen LogP contribution >= 0.6 is 0 Å². The Bertz CT molecular complexity index is 439. The highest BCUT2D eigenvalue weighted by atomic mass is 15.2. The second-order valence-electron chi connectivity index (χ2n) is 6.37. The Hall–Kier alpha value is -0.860. The van der Waals surface area contributed by atoms with Crippen molar-refractivity contribution in [3.63, 3.8) is 0 Å². The summed E-state index contributed by atoms with van der Waals surface area (Å²) in [5, 5.41) is 0. The van der Waals surface area contributed by atoms with Crippen LogP contribution in [-0.2, 0) is 19.3 Å². The Labute approximate surface area is 118 Å². The molecule has 2 nitrogen and oxygen atoms in total. The van der Waals surface area contributed by atoms with Crippen molar-refractivity contribution in [2.75, 3.05) is 14.1 Å². The lowest BCUT2D eigenvalue weighted by molar-refractivity contribution is 0.131. The fraction of sp³-hybridized carbons (Fsp3) is 0.647. The molecule has 1 aromatic rings. The maximum atomic E-state index is 6.50. The fourth-order valence-electron chi connectivity index (χ4n) is 3.14. The van der Waals surface area contributed by atoms with Crippen LogP contribution in [0.4, 0.5) is 0 Å². The summed E-state index contributed by atoms with van der Waals surface area (Å²) in [4.78, 5) is 2.27. The third-order valence-corrected chi connectivity index (χ3v) is 5.15. The lowest BCUT2D eigenvalue weighted by Gasteiger charge is -2.41. The number of nitrogens with two attached hydrogens (primary N) is 1. The normalized spacial score (nSPS) is 19.3. The molecule has 0 heterocycles. The summed E-state index contributed by atoms with van der Waals surface area (Å²) in [6.45, 7) is 4.49. The van der Waals surface area contributed by atoms with Gasteiger partial charge in [0.1, 0.15) is 0 Å². The van der Waals surface area contributed by atoms with Gasteiger partial charge >= 0.3 is 0 Å². The van der Waals surface area contributed by atoms with E-state index in [-0.39, 0.29) is 11.6 Å². The Morgan fingerprint density at radius 3 is 2.58 bits per heavy atom. The molecule has 2 heteroatoms. The van der Waals surface area contributed by atoms with Gasteiger partial charge in [-0.05, 0) is 69.8 Å². The summed E-state index contributed by atoms with van der Waals surface area (Å²) in [6.07, 6.45) is 5.86. The van der Waals surface area contributed by atoms with E-state index < -0.39 is 0 Å². The van der Waals surface area contributed by atoms with E-state index in [0.29, 0.717) is 0 Å². The van der Waals surface area contributed by atoms with Gasteiger partial charge in [0.25, 0.3) is 0 Å². The van der Waals surface area contributed by atoms with E-state index in [4.69, 9.17) is 5.73 Å². The van der Waals surface area contributed by atoms with Crippen molar-refractivity contribution < 1.29 is 0 Å². The number of fused-ring (bicyclic) bond motifs is 1. The van der Waals surface area contributed by atoms with Crippen molar-refractivity contribution in [1.29, 1.82) is 0 Å². The molecule has 0 saturated heterocycles. The van der Waals surface area contributed by atoms with Crippen molar-refractivity contribution >= 4 is 0 Å². The highest BCUT2D eigenvalue weighted by Gasteiger charge is 2.32. The lowest BCUT2D eigenvalue weighted by Crippen LogP contribution is -2.55. The monoisotopic (exact) mass is 260 g/mol. The topological polar surface area (TPSA) is 29.3 Å². The van der Waals surface area contributed by atoms with Crippen molar-refractivity contribution in [3.8, 4) is 0 Å². The van der Waals surface area contributed by atoms with Gasteiger partial charge in [-0.15, -0.1) is 0 Å². The summed E-state index contributed by atoms with van der Waals surface area (Å²) in [6, 6.07) is 7.14. The van der Waals surface area contributed by atoms with Crippen LogP contribution in [-0.4, -0.2) is 30.6 Å². The number of hydrogen-bond acceptors (Lipinski definition) is 2. The summed E-state index contributed by atoms with van der Waals surface area (Å²) < 4.78 is 0. The maximum Gasteiger partial charge on any atom is 0.0326 e. The molecule has 0 amide bonds. The number of benzene rings is 1. The fourth-order valence-corrected chi connectivity index (χ4v) is 3.14. The highest BCUT2D eigenvalue weighted by molar-refractivity contribution is 5.35. The summed E-state index contributed by atoms with van der Waals surface area (Å²) >= 11 is 0. The molecule has 2 N–H and O–H groups in total. The van der Waals surface area contributed by atoms with Gasteiger partial charge in [0.2, 0.25) is 0 Å². The SMILES string of the molecule is CCC(C)(C(N)Cc1ccc2c(c1)CCC2)N(C)C. The smallest absolute Gasteiger partial charge is 0.0326 e. The summed E-state index contributed by atoms with van der Waals surface area (Å²) in [5.41, 5.74) is 11.1. The first-order chi connectivity index (χ1) is 8.97. The van der Waals surface area contributed by atoms with Gasteiger partial charge < -0.3 is 10.6 Å². The Balaban J connectivity index is 2.12. The van der Waals surface area contributed by atoms with Gasteiger partial charge in [0.05, 0.1) is 0 Å². The predicted octanol–water partition coefficient (Wildman–Crippen LogP) is 2.78. The van der Waals surface area contributed by atoms with E-state index in [1.165, 1.54) is 24.8 Å². The number of likely N-dealkylation sites (N-methyl/N-ethyl adjacent to an activating group) is 1. The first kappa shape index (κ1) is 14.5. The standard InChI is InChI=1S/C17H28N2/c1-5-17(2,19(3)4)16(18)12-13-9-10-14-7-6-8-15(14)11-13/h9-11,16H,5-8,12,18H2,1-4H3. The Morgan fingerprint density at radius 1 is 1.26 bits per heavy atom. The average Bonchev–Trinajstić information content (AvgIpc) is 2.84. The third kappa shape index (κ3) is 2.85. The molecule has 0 aromatic heterocycles. The minimum Gasteiger partial charge on any atom is -0.326 e. The minimum atomic E-state index is 0.0685. The molecule has 1 aliphatic carbocycles. The summed E-state index contributed by atoms with van der Waals surface area (Å²) in [5.74, 6) is 0. The van der Waals surface area contributed by atoms with Gasteiger partial charge in [-0.2, -0.15) is 0 Å². The van der Waals surface area contributed by atoms with Crippen molar-refractivity contribution in [1.82, 2.24) is 4.90 Å². The van der Waals surface area contributed by atoms with Crippen LogP contribution in [0.3, 0.4) is 0 Å². The highest BCUT2D eigenvalue weighted by Crippen LogP contribution is 2.26. The van der Waals surface area contributed by atoms with Gasteiger partial charge in [0.15, 0.2) is 0 Å². The number of nitrogens with zero attached hydrogens (tertiary/aromatic N) is 1. The number of hydrogen-bond donors (Lipinski definition) is 1. The van der Waals surface area contributed by atoms with E-state index >= 15 is 0 Å². The number of rotatable bonds is 5. The van der Waals surface area contributed by atoms with Crippen molar-refractivity contribution in [2.45, 2.75) is 57.5 Å². The molecule has 1 aromatic carbocycles. The van der Waals surface area contributed by atoms with Crippen LogP contribution in [0.25, 0.3) is 0 Å². The van der Waals surface area contributed by atoms with Gasteiger partial charge in [-0.1, -0.05) is 25.1 Å². The molecule has 0 fully saturated rings. The molecule has 0 radical (unpaired) electrons. The van der Waals surface area contributed by atoms with E-state index in [0.717, 1.165) is 12.8 Å². The van der Waals surface area contributed by atoms with E-state index in [9.17, 15) is 0 Å². The zero-order chi connectivity index (χ0) is 14.0. The molecule has 0 saturated carbocycles. The summed E-state index contributed by atoms with van der Waals surface area (Å²) in [7, 11) is 4.26. The van der Waals surface area contributed by atoms with E-state index in [1.807, 2.05) is 0 Å². The van der Waals surface area contributed by atoms with Gasteiger partial charge in [0, 0.05) is 11.6 Å². The second kappa shape index (κ2) is 5.64. The van der Waals surface area contributed by atoms with Crippen LogP contribution in [0.1, 0.15) is 43.4 Å². The largest absolute Gasteiger partial charge is 0.326 e. The van der Waals surface area contributed by atoms with Gasteiger partial charge in [-0.3, -0.25) is 0 Å². The molecule has 106 valence electrons. The average molecular weight is 260 g/mol. The Kier molecular flexibility index (Phi) is 4.32. The zero-order valence-electron chi connectivity index (χ0n) is 12.9.